The number of carbonyl (C=O) groups excluding carboxylic acids is 3. The highest BCUT2D eigenvalue weighted by molar-refractivity contribution is 5.96. The quantitative estimate of drug-likeness (QED) is 0.580. The van der Waals surface area contributed by atoms with Crippen molar-refractivity contribution in [3.8, 4) is 0 Å². The van der Waals surface area contributed by atoms with Gasteiger partial charge in [0.25, 0.3) is 5.91 Å². The smallest absolute Gasteiger partial charge is 0.351 e. The van der Waals surface area contributed by atoms with E-state index in [0.29, 0.717) is 18.9 Å². The minimum absolute atomic E-state index is 0.0547. The van der Waals surface area contributed by atoms with Crippen molar-refractivity contribution >= 4 is 17.7 Å². The molecule has 0 spiro atoms. The molecule has 10 heteroatoms. The molecule has 0 radical (unpaired) electrons. The summed E-state index contributed by atoms with van der Waals surface area (Å²) in [6, 6.07) is 4.31. The summed E-state index contributed by atoms with van der Waals surface area (Å²) < 4.78 is 38.7. The lowest BCUT2D eigenvalue weighted by Crippen LogP contribution is -2.57. The summed E-state index contributed by atoms with van der Waals surface area (Å²) in [5.74, 6) is -1.52. The molecule has 0 aromatic heterocycles. The lowest BCUT2D eigenvalue weighted by molar-refractivity contribution is -0.142. The lowest BCUT2D eigenvalue weighted by Gasteiger charge is -2.44. The Balaban J connectivity index is 1.61. The highest BCUT2D eigenvalue weighted by atomic mass is 19.4. The van der Waals surface area contributed by atoms with Gasteiger partial charge in [-0.2, -0.15) is 13.2 Å². The number of hydrogen-bond acceptors (Lipinski definition) is 4. The first-order valence-corrected chi connectivity index (χ1v) is 12.3. The summed E-state index contributed by atoms with van der Waals surface area (Å²) >= 11 is 0. The molecule has 0 bridgehead atoms. The molecule has 1 saturated carbocycles. The number of carbonyl (C=O) groups is 3. The number of hydrogen-bond donors (Lipinski definition) is 2. The molecular formula is C25H35F3N4O3. The van der Waals surface area contributed by atoms with Crippen molar-refractivity contribution in [2.75, 3.05) is 26.2 Å². The van der Waals surface area contributed by atoms with Crippen LogP contribution in [0.3, 0.4) is 0 Å². The molecule has 3 rings (SSSR count). The van der Waals surface area contributed by atoms with Gasteiger partial charge < -0.3 is 15.5 Å². The zero-order valence-electron chi connectivity index (χ0n) is 20.5. The van der Waals surface area contributed by atoms with Crippen LogP contribution in [0.2, 0.25) is 0 Å². The van der Waals surface area contributed by atoms with E-state index in [9.17, 15) is 27.6 Å². The van der Waals surface area contributed by atoms with Crippen molar-refractivity contribution in [1.82, 2.24) is 20.4 Å². The second-order valence-electron chi connectivity index (χ2n) is 9.61. The maximum absolute atomic E-state index is 13.2. The molecule has 1 aromatic carbocycles. The summed E-state index contributed by atoms with van der Waals surface area (Å²) in [5.41, 5.74) is -1.10. The minimum atomic E-state index is -4.56. The Morgan fingerprint density at radius 2 is 1.89 bits per heavy atom. The normalized spacial score (nSPS) is 22.6. The Morgan fingerprint density at radius 1 is 1.17 bits per heavy atom. The molecule has 1 aromatic rings. The summed E-state index contributed by atoms with van der Waals surface area (Å²) in [6.45, 7) is 8.34. The van der Waals surface area contributed by atoms with Crippen LogP contribution in [0.1, 0.15) is 62.4 Å². The van der Waals surface area contributed by atoms with Crippen molar-refractivity contribution in [3.63, 3.8) is 0 Å². The Morgan fingerprint density at radius 3 is 2.46 bits per heavy atom. The fraction of sp³-hybridized carbons (Fsp3) is 0.640. The molecule has 7 nitrogen and oxygen atoms in total. The van der Waals surface area contributed by atoms with Gasteiger partial charge in [-0.25, -0.2) is 0 Å². The van der Waals surface area contributed by atoms with Gasteiger partial charge in [0.15, 0.2) is 0 Å². The first-order chi connectivity index (χ1) is 16.5. The van der Waals surface area contributed by atoms with Gasteiger partial charge in [0.1, 0.15) is 0 Å². The topological polar surface area (TPSA) is 81.8 Å². The number of nitrogens with zero attached hydrogens (tertiary/aromatic N) is 2. The van der Waals surface area contributed by atoms with Gasteiger partial charge in [-0.3, -0.25) is 19.3 Å². The highest BCUT2D eigenvalue weighted by Crippen LogP contribution is 2.32. The van der Waals surface area contributed by atoms with Crippen molar-refractivity contribution in [3.05, 3.63) is 35.4 Å². The number of alkyl halides is 3. The first-order valence-electron chi connectivity index (χ1n) is 12.3. The van der Waals surface area contributed by atoms with Gasteiger partial charge >= 0.3 is 6.18 Å². The third-order valence-corrected chi connectivity index (χ3v) is 7.01. The number of likely N-dealkylation sites (tertiary alicyclic amines) is 1. The number of benzene rings is 1. The average molecular weight is 497 g/mol. The van der Waals surface area contributed by atoms with Gasteiger partial charge in [-0.1, -0.05) is 13.0 Å². The van der Waals surface area contributed by atoms with E-state index in [1.165, 1.54) is 6.07 Å². The molecular weight excluding hydrogens is 461 g/mol. The van der Waals surface area contributed by atoms with Crippen LogP contribution in [-0.4, -0.2) is 71.8 Å². The molecule has 1 aliphatic carbocycles. The monoisotopic (exact) mass is 496 g/mol. The SMILES string of the molecule is CCN(C(C)C)[C@@H]1CC[C@H](NC(=O)CNC(=O)c2cccc(C(F)(F)F)c2)[C@H](C(=O)N2CCC2)C1. The Kier molecular flexibility index (Phi) is 8.79. The fourth-order valence-electron chi connectivity index (χ4n) is 5.07. The van der Waals surface area contributed by atoms with Crippen LogP contribution < -0.4 is 10.6 Å². The average Bonchev–Trinajstić information content (AvgIpc) is 2.76. The summed E-state index contributed by atoms with van der Waals surface area (Å²) in [5, 5.41) is 5.29. The van der Waals surface area contributed by atoms with Gasteiger partial charge in [-0.05, 0) is 64.3 Å². The third-order valence-electron chi connectivity index (χ3n) is 7.01. The number of rotatable bonds is 8. The van der Waals surface area contributed by atoms with Gasteiger partial charge in [0.2, 0.25) is 11.8 Å². The Hall–Kier alpha value is -2.62. The molecule has 3 atom stereocenters. The van der Waals surface area contributed by atoms with E-state index in [4.69, 9.17) is 0 Å². The number of halogens is 3. The van der Waals surface area contributed by atoms with Gasteiger partial charge in [-0.15, -0.1) is 0 Å². The molecule has 1 heterocycles. The maximum atomic E-state index is 13.2. The molecule has 2 N–H and O–H groups in total. The van der Waals surface area contributed by atoms with E-state index < -0.39 is 23.6 Å². The second-order valence-corrected chi connectivity index (χ2v) is 9.61. The van der Waals surface area contributed by atoms with Crippen LogP contribution >= 0.6 is 0 Å². The molecule has 35 heavy (non-hydrogen) atoms. The van der Waals surface area contributed by atoms with E-state index >= 15 is 0 Å². The lowest BCUT2D eigenvalue weighted by atomic mass is 9.79. The van der Waals surface area contributed by atoms with E-state index in [0.717, 1.165) is 50.7 Å². The predicted molar refractivity (Wildman–Crippen MR) is 126 cm³/mol. The zero-order valence-corrected chi connectivity index (χ0v) is 20.5. The van der Waals surface area contributed by atoms with Gasteiger partial charge in [0, 0.05) is 36.8 Å². The third kappa shape index (κ3) is 6.74. The number of nitrogens with one attached hydrogen (secondary N) is 2. The molecule has 1 aliphatic heterocycles. The van der Waals surface area contributed by atoms with Crippen LogP contribution in [0.5, 0.6) is 0 Å². The molecule has 2 fully saturated rings. The van der Waals surface area contributed by atoms with Crippen molar-refractivity contribution in [2.24, 2.45) is 5.92 Å². The van der Waals surface area contributed by atoms with Crippen LogP contribution in [0.25, 0.3) is 0 Å². The molecule has 3 amide bonds. The molecule has 2 aliphatic rings. The second kappa shape index (κ2) is 11.4. The molecule has 1 saturated heterocycles. The molecule has 194 valence electrons. The van der Waals surface area contributed by atoms with Crippen molar-refractivity contribution in [1.29, 1.82) is 0 Å². The van der Waals surface area contributed by atoms with Crippen molar-refractivity contribution < 1.29 is 27.6 Å². The number of amides is 3. The maximum Gasteiger partial charge on any atom is 0.416 e. The minimum Gasteiger partial charge on any atom is -0.351 e. The fourth-order valence-corrected chi connectivity index (χ4v) is 5.07. The summed E-state index contributed by atoms with van der Waals surface area (Å²) in [7, 11) is 0. The van der Waals surface area contributed by atoms with Crippen LogP contribution in [0, 0.1) is 5.92 Å². The van der Waals surface area contributed by atoms with E-state index in [1.807, 2.05) is 4.90 Å². The first kappa shape index (κ1) is 27.0. The van der Waals surface area contributed by atoms with Crippen LogP contribution in [-0.2, 0) is 15.8 Å². The van der Waals surface area contributed by atoms with Crippen LogP contribution in [0.4, 0.5) is 13.2 Å². The van der Waals surface area contributed by atoms with Crippen molar-refractivity contribution in [2.45, 2.75) is 70.8 Å². The highest BCUT2D eigenvalue weighted by Gasteiger charge is 2.41. The summed E-state index contributed by atoms with van der Waals surface area (Å²) in [4.78, 5) is 42.3. The standard InChI is InChI=1S/C25H35F3N4O3/c1-4-32(16(2)3)19-9-10-21(20(14-19)24(35)31-11-6-12-31)30-22(33)15-29-23(34)17-7-5-8-18(13-17)25(26,27)28/h5,7-8,13,16,19-21H,4,6,9-12,14-15H2,1-3H3,(H,29,34)(H,30,33)/t19-,20-,21+/m1/s1. The van der Waals surface area contributed by atoms with Gasteiger partial charge in [0.05, 0.1) is 18.0 Å². The van der Waals surface area contributed by atoms with Crippen LogP contribution in [0.15, 0.2) is 24.3 Å². The van der Waals surface area contributed by atoms with E-state index in [2.05, 4.69) is 36.3 Å². The largest absolute Gasteiger partial charge is 0.416 e. The molecule has 0 unspecified atom stereocenters. The summed E-state index contributed by atoms with van der Waals surface area (Å²) in [6.07, 6.45) is -1.44. The predicted octanol–water partition coefficient (Wildman–Crippen LogP) is 3.05. The zero-order chi connectivity index (χ0) is 25.8. The Labute approximate surface area is 204 Å². The Bertz CT molecular complexity index is 917. The van der Waals surface area contributed by atoms with E-state index in [1.54, 1.807) is 0 Å². The van der Waals surface area contributed by atoms with E-state index in [-0.39, 0.29) is 36.0 Å².